The van der Waals surface area contributed by atoms with E-state index in [-0.39, 0.29) is 23.4 Å². The molecule has 0 aliphatic rings. The van der Waals surface area contributed by atoms with Crippen molar-refractivity contribution in [1.82, 2.24) is 24.9 Å². The molecule has 30 heavy (non-hydrogen) atoms. The van der Waals surface area contributed by atoms with Gasteiger partial charge in [0.1, 0.15) is 12.4 Å². The second-order valence-electron chi connectivity index (χ2n) is 6.31. The molecule has 1 atom stereocenters. The third-order valence-corrected chi connectivity index (χ3v) is 5.68. The minimum atomic E-state index is -3.86. The van der Waals surface area contributed by atoms with Gasteiger partial charge in [0.2, 0.25) is 15.8 Å². The van der Waals surface area contributed by atoms with E-state index in [4.69, 9.17) is 4.74 Å². The first kappa shape index (κ1) is 21.5. The molecule has 0 radical (unpaired) electrons. The summed E-state index contributed by atoms with van der Waals surface area (Å²) in [6, 6.07) is 11.6. The SMILES string of the molecule is CCOC(=O)CNS(=O)(=O)c1ccc(-c2nnn(C(C)c3ccc(F)cc3)n2)cc1. The molecule has 2 aromatic carbocycles. The van der Waals surface area contributed by atoms with E-state index in [0.29, 0.717) is 11.4 Å². The van der Waals surface area contributed by atoms with E-state index in [0.717, 1.165) is 5.56 Å². The summed E-state index contributed by atoms with van der Waals surface area (Å²) in [6.45, 7) is 3.21. The topological polar surface area (TPSA) is 116 Å². The molecule has 11 heteroatoms. The third-order valence-electron chi connectivity index (χ3n) is 4.26. The highest BCUT2D eigenvalue weighted by molar-refractivity contribution is 7.89. The maximum absolute atomic E-state index is 13.1. The molecule has 3 rings (SSSR count). The van der Waals surface area contributed by atoms with E-state index in [2.05, 4.69) is 20.1 Å². The van der Waals surface area contributed by atoms with Gasteiger partial charge in [-0.15, -0.1) is 10.2 Å². The van der Waals surface area contributed by atoms with Gasteiger partial charge in [-0.05, 0) is 61.0 Å². The highest BCUT2D eigenvalue weighted by Crippen LogP contribution is 2.20. The van der Waals surface area contributed by atoms with Crippen LogP contribution in [0.1, 0.15) is 25.5 Å². The molecule has 9 nitrogen and oxygen atoms in total. The average molecular weight is 433 g/mol. The summed E-state index contributed by atoms with van der Waals surface area (Å²) in [4.78, 5) is 12.7. The number of carbonyl (C=O) groups excluding carboxylic acids is 1. The van der Waals surface area contributed by atoms with Crippen molar-refractivity contribution < 1.29 is 22.3 Å². The zero-order valence-corrected chi connectivity index (χ0v) is 17.1. The Morgan fingerprint density at radius 1 is 1.17 bits per heavy atom. The van der Waals surface area contributed by atoms with Crippen molar-refractivity contribution >= 4 is 16.0 Å². The maximum Gasteiger partial charge on any atom is 0.321 e. The second-order valence-corrected chi connectivity index (χ2v) is 8.08. The number of hydrogen-bond acceptors (Lipinski definition) is 7. The average Bonchev–Trinajstić information content (AvgIpc) is 3.23. The summed E-state index contributed by atoms with van der Waals surface area (Å²) >= 11 is 0. The van der Waals surface area contributed by atoms with E-state index in [1.165, 1.54) is 29.1 Å². The number of hydrogen-bond donors (Lipinski definition) is 1. The summed E-state index contributed by atoms with van der Waals surface area (Å²) in [6.07, 6.45) is 0. The Bertz CT molecular complexity index is 1110. The van der Waals surface area contributed by atoms with Gasteiger partial charge in [0.15, 0.2) is 0 Å². The Hall–Kier alpha value is -3.18. The van der Waals surface area contributed by atoms with Gasteiger partial charge in [0, 0.05) is 5.56 Å². The van der Waals surface area contributed by atoms with Crippen LogP contribution in [-0.4, -0.2) is 47.7 Å². The van der Waals surface area contributed by atoms with Crippen molar-refractivity contribution in [3.05, 3.63) is 59.9 Å². The molecule has 0 aliphatic carbocycles. The molecular weight excluding hydrogens is 413 g/mol. The normalized spacial score (nSPS) is 12.5. The summed E-state index contributed by atoms with van der Waals surface area (Å²) in [5, 5.41) is 12.4. The number of carbonyl (C=O) groups is 1. The van der Waals surface area contributed by atoms with Crippen molar-refractivity contribution in [2.24, 2.45) is 0 Å². The fourth-order valence-corrected chi connectivity index (χ4v) is 3.58. The van der Waals surface area contributed by atoms with Gasteiger partial charge >= 0.3 is 5.97 Å². The number of benzene rings is 2. The lowest BCUT2D eigenvalue weighted by molar-refractivity contribution is -0.141. The Labute approximate surface area is 172 Å². The number of ether oxygens (including phenoxy) is 1. The molecule has 158 valence electrons. The van der Waals surface area contributed by atoms with Gasteiger partial charge in [-0.2, -0.15) is 9.52 Å². The first-order valence-corrected chi connectivity index (χ1v) is 10.6. The molecule has 0 aliphatic heterocycles. The largest absolute Gasteiger partial charge is 0.465 e. The van der Waals surface area contributed by atoms with Crippen LogP contribution >= 0.6 is 0 Å². The molecule has 1 N–H and O–H groups in total. The molecule has 0 amide bonds. The number of tetrazole rings is 1. The van der Waals surface area contributed by atoms with Crippen LogP contribution in [0.3, 0.4) is 0 Å². The minimum absolute atomic E-state index is 0.0115. The van der Waals surface area contributed by atoms with Crippen LogP contribution in [0.15, 0.2) is 53.4 Å². The second kappa shape index (κ2) is 9.09. The van der Waals surface area contributed by atoms with Gasteiger partial charge in [-0.1, -0.05) is 12.1 Å². The van der Waals surface area contributed by atoms with Gasteiger partial charge in [-0.3, -0.25) is 4.79 Å². The summed E-state index contributed by atoms with van der Waals surface area (Å²) in [5.74, 6) is -0.675. The van der Waals surface area contributed by atoms with Crippen LogP contribution in [0.5, 0.6) is 0 Å². The minimum Gasteiger partial charge on any atom is -0.465 e. The number of nitrogens with zero attached hydrogens (tertiary/aromatic N) is 4. The Balaban J connectivity index is 1.72. The summed E-state index contributed by atoms with van der Waals surface area (Å²) in [5.41, 5.74) is 1.38. The highest BCUT2D eigenvalue weighted by atomic mass is 32.2. The zero-order chi connectivity index (χ0) is 21.7. The van der Waals surface area contributed by atoms with Crippen molar-refractivity contribution in [3.63, 3.8) is 0 Å². The van der Waals surface area contributed by atoms with Gasteiger partial charge in [0.25, 0.3) is 0 Å². The standard InChI is InChI=1S/C19H20FN5O4S/c1-3-29-18(26)12-21-30(27,28)17-10-6-15(7-11-17)19-22-24-25(23-19)13(2)14-4-8-16(20)9-5-14/h4-11,13,21H,3,12H2,1-2H3. The molecule has 0 fully saturated rings. The summed E-state index contributed by atoms with van der Waals surface area (Å²) < 4.78 is 44.5. The number of aromatic nitrogens is 4. The number of halogens is 1. The van der Waals surface area contributed by atoms with Gasteiger partial charge in [0.05, 0.1) is 17.5 Å². The molecule has 0 spiro atoms. The van der Waals surface area contributed by atoms with E-state index in [1.54, 1.807) is 31.2 Å². The quantitative estimate of drug-likeness (QED) is 0.540. The van der Waals surface area contributed by atoms with Crippen molar-refractivity contribution in [3.8, 4) is 11.4 Å². The van der Waals surface area contributed by atoms with Crippen molar-refractivity contribution in [1.29, 1.82) is 0 Å². The van der Waals surface area contributed by atoms with Gasteiger partial charge < -0.3 is 4.74 Å². The first-order chi connectivity index (χ1) is 14.3. The molecule has 1 unspecified atom stereocenters. The molecule has 1 heterocycles. The van der Waals surface area contributed by atoms with Crippen LogP contribution < -0.4 is 4.72 Å². The lowest BCUT2D eigenvalue weighted by Crippen LogP contribution is -2.30. The van der Waals surface area contributed by atoms with Crippen molar-refractivity contribution in [2.45, 2.75) is 24.8 Å². The molecule has 0 saturated heterocycles. The predicted molar refractivity (Wildman–Crippen MR) is 105 cm³/mol. The number of sulfonamides is 1. The van der Waals surface area contributed by atoms with Crippen LogP contribution in [0.2, 0.25) is 0 Å². The predicted octanol–water partition coefficient (Wildman–Crippen LogP) is 1.93. The first-order valence-electron chi connectivity index (χ1n) is 9.11. The van der Waals surface area contributed by atoms with E-state index >= 15 is 0 Å². The monoisotopic (exact) mass is 433 g/mol. The lowest BCUT2D eigenvalue weighted by atomic mass is 10.1. The molecule has 1 aromatic heterocycles. The molecular formula is C19H20FN5O4S. The third kappa shape index (κ3) is 5.05. The summed E-state index contributed by atoms with van der Waals surface area (Å²) in [7, 11) is -3.86. The smallest absolute Gasteiger partial charge is 0.321 e. The van der Waals surface area contributed by atoms with E-state index in [9.17, 15) is 17.6 Å². The van der Waals surface area contributed by atoms with Gasteiger partial charge in [-0.25, -0.2) is 12.8 Å². The molecule has 0 saturated carbocycles. The Kier molecular flexibility index (Phi) is 6.53. The number of nitrogens with one attached hydrogen (secondary N) is 1. The Morgan fingerprint density at radius 3 is 2.47 bits per heavy atom. The zero-order valence-electron chi connectivity index (χ0n) is 16.3. The number of esters is 1. The van der Waals surface area contributed by atoms with Crippen LogP contribution in [-0.2, 0) is 19.6 Å². The Morgan fingerprint density at radius 2 is 1.83 bits per heavy atom. The van der Waals surface area contributed by atoms with Crippen LogP contribution in [0.25, 0.3) is 11.4 Å². The number of rotatable bonds is 8. The van der Waals surface area contributed by atoms with Crippen molar-refractivity contribution in [2.75, 3.05) is 13.2 Å². The lowest BCUT2D eigenvalue weighted by Gasteiger charge is -2.09. The maximum atomic E-state index is 13.1. The fraction of sp³-hybridized carbons (Fsp3) is 0.263. The highest BCUT2D eigenvalue weighted by Gasteiger charge is 2.17. The molecule has 0 bridgehead atoms. The van der Waals surface area contributed by atoms with Crippen LogP contribution in [0, 0.1) is 5.82 Å². The van der Waals surface area contributed by atoms with E-state index in [1.807, 2.05) is 6.92 Å². The van der Waals surface area contributed by atoms with E-state index < -0.39 is 22.5 Å². The fourth-order valence-electron chi connectivity index (χ4n) is 2.61. The van der Waals surface area contributed by atoms with Crippen LogP contribution in [0.4, 0.5) is 4.39 Å². The molecule has 3 aromatic rings.